The molecule has 0 aliphatic heterocycles. The first-order valence-electron chi connectivity index (χ1n) is 7.76. The van der Waals surface area contributed by atoms with Gasteiger partial charge in [-0.25, -0.2) is 0 Å². The van der Waals surface area contributed by atoms with E-state index in [4.69, 9.17) is 22.7 Å². The van der Waals surface area contributed by atoms with E-state index in [9.17, 15) is 0 Å². The van der Waals surface area contributed by atoms with Crippen molar-refractivity contribution < 1.29 is 4.74 Å². The molecule has 21 heavy (non-hydrogen) atoms. The fraction of sp³-hybridized carbons (Fsp3) is 0.588. The first kappa shape index (κ1) is 17.8. The Bertz CT molecular complexity index is 446. The van der Waals surface area contributed by atoms with Crippen LogP contribution in [0.15, 0.2) is 18.2 Å². The van der Waals surface area contributed by atoms with E-state index >= 15 is 0 Å². The minimum atomic E-state index is 0.414. The van der Waals surface area contributed by atoms with Gasteiger partial charge in [0.2, 0.25) is 0 Å². The molecule has 0 fully saturated rings. The molecule has 1 aromatic carbocycles. The average molecular weight is 308 g/mol. The molecule has 3 nitrogen and oxygen atoms in total. The van der Waals surface area contributed by atoms with E-state index in [-0.39, 0.29) is 0 Å². The molecule has 0 bridgehead atoms. The second-order valence-electron chi connectivity index (χ2n) is 5.80. The molecule has 0 unspecified atom stereocenters. The van der Waals surface area contributed by atoms with E-state index in [2.05, 4.69) is 19.2 Å². The summed E-state index contributed by atoms with van der Waals surface area (Å²) in [5.41, 5.74) is 7.60. The van der Waals surface area contributed by atoms with Gasteiger partial charge in [0.25, 0.3) is 0 Å². The van der Waals surface area contributed by atoms with Crippen molar-refractivity contribution in [3.63, 3.8) is 0 Å². The van der Waals surface area contributed by atoms with E-state index in [1.807, 2.05) is 18.2 Å². The molecule has 0 radical (unpaired) electrons. The van der Waals surface area contributed by atoms with Gasteiger partial charge in [-0.3, -0.25) is 0 Å². The number of methoxy groups -OCH3 is 1. The molecule has 0 atom stereocenters. The summed E-state index contributed by atoms with van der Waals surface area (Å²) in [6.07, 6.45) is 6.38. The third kappa shape index (κ3) is 6.80. The number of rotatable bonds is 10. The van der Waals surface area contributed by atoms with E-state index in [0.717, 1.165) is 35.9 Å². The lowest BCUT2D eigenvalue weighted by atomic mass is 10.0. The van der Waals surface area contributed by atoms with Gasteiger partial charge < -0.3 is 15.8 Å². The van der Waals surface area contributed by atoms with Crippen LogP contribution in [0.4, 0.5) is 5.69 Å². The second kappa shape index (κ2) is 9.61. The smallest absolute Gasteiger partial charge is 0.120 e. The summed E-state index contributed by atoms with van der Waals surface area (Å²) in [5, 5.41) is 3.42. The van der Waals surface area contributed by atoms with Crippen LogP contribution >= 0.6 is 12.2 Å². The summed E-state index contributed by atoms with van der Waals surface area (Å²) in [7, 11) is 1.66. The lowest BCUT2D eigenvalue weighted by Gasteiger charge is -2.13. The van der Waals surface area contributed by atoms with E-state index < -0.39 is 0 Å². The Morgan fingerprint density at radius 2 is 1.95 bits per heavy atom. The van der Waals surface area contributed by atoms with Crippen LogP contribution < -0.4 is 15.8 Å². The summed E-state index contributed by atoms with van der Waals surface area (Å²) >= 11 is 5.09. The number of unbranched alkanes of at least 4 members (excludes halogenated alkanes) is 3. The highest BCUT2D eigenvalue weighted by Crippen LogP contribution is 2.22. The van der Waals surface area contributed by atoms with Gasteiger partial charge >= 0.3 is 0 Å². The van der Waals surface area contributed by atoms with Gasteiger partial charge in [0.15, 0.2) is 0 Å². The Labute approximate surface area is 134 Å². The highest BCUT2D eigenvalue weighted by atomic mass is 32.1. The predicted molar refractivity (Wildman–Crippen MR) is 95.3 cm³/mol. The summed E-state index contributed by atoms with van der Waals surface area (Å²) in [6.45, 7) is 5.49. The highest BCUT2D eigenvalue weighted by molar-refractivity contribution is 7.80. The Hall–Kier alpha value is -1.29. The van der Waals surface area contributed by atoms with E-state index in [1.165, 1.54) is 25.7 Å². The van der Waals surface area contributed by atoms with Gasteiger partial charge in [-0.05, 0) is 24.5 Å². The van der Waals surface area contributed by atoms with Crippen molar-refractivity contribution in [2.24, 2.45) is 11.7 Å². The van der Waals surface area contributed by atoms with Crippen molar-refractivity contribution >= 4 is 22.9 Å². The van der Waals surface area contributed by atoms with Crippen LogP contribution in [0, 0.1) is 5.92 Å². The number of hydrogen-bond donors (Lipinski definition) is 2. The first-order valence-corrected chi connectivity index (χ1v) is 8.17. The number of nitrogens with one attached hydrogen (secondary N) is 1. The average Bonchev–Trinajstić information content (AvgIpc) is 2.45. The molecular weight excluding hydrogens is 280 g/mol. The largest absolute Gasteiger partial charge is 0.497 e. The molecule has 0 spiro atoms. The normalized spacial score (nSPS) is 10.7. The van der Waals surface area contributed by atoms with Crippen LogP contribution in [0.5, 0.6) is 5.75 Å². The first-order chi connectivity index (χ1) is 10.0. The zero-order valence-corrected chi connectivity index (χ0v) is 14.3. The third-order valence-electron chi connectivity index (χ3n) is 3.52. The SMILES string of the molecule is COc1ccc(C(N)=S)c(NCCCCCCC(C)C)c1. The van der Waals surface area contributed by atoms with Gasteiger partial charge in [0.1, 0.15) is 10.7 Å². The van der Waals surface area contributed by atoms with Crippen LogP contribution in [0.1, 0.15) is 51.5 Å². The van der Waals surface area contributed by atoms with Crippen molar-refractivity contribution in [2.75, 3.05) is 19.0 Å². The second-order valence-corrected chi connectivity index (χ2v) is 6.24. The molecule has 4 heteroatoms. The molecule has 0 heterocycles. The molecule has 0 aromatic heterocycles. The lowest BCUT2D eigenvalue weighted by molar-refractivity contribution is 0.415. The summed E-state index contributed by atoms with van der Waals surface area (Å²) < 4.78 is 5.25. The van der Waals surface area contributed by atoms with Crippen LogP contribution in [0.25, 0.3) is 0 Å². The molecule has 1 rings (SSSR count). The van der Waals surface area contributed by atoms with Crippen molar-refractivity contribution in [1.29, 1.82) is 0 Å². The molecule has 0 aliphatic carbocycles. The van der Waals surface area contributed by atoms with Gasteiger partial charge in [0.05, 0.1) is 7.11 Å². The zero-order chi connectivity index (χ0) is 15.7. The van der Waals surface area contributed by atoms with Crippen molar-refractivity contribution in [3.05, 3.63) is 23.8 Å². The predicted octanol–water partition coefficient (Wildman–Crippen LogP) is 4.35. The standard InChI is InChI=1S/C17H28N2OS/c1-13(2)8-6-4-5-7-11-19-16-12-14(20-3)9-10-15(16)17(18)21/h9-10,12-13,19H,4-8,11H2,1-3H3,(H2,18,21). The number of ether oxygens (including phenoxy) is 1. The third-order valence-corrected chi connectivity index (χ3v) is 3.74. The summed E-state index contributed by atoms with van der Waals surface area (Å²) in [4.78, 5) is 0.414. The van der Waals surface area contributed by atoms with Crippen LogP contribution in [-0.2, 0) is 0 Å². The zero-order valence-electron chi connectivity index (χ0n) is 13.4. The molecule has 1 aromatic rings. The Balaban J connectivity index is 2.38. The van der Waals surface area contributed by atoms with Gasteiger partial charge in [-0.15, -0.1) is 0 Å². The lowest BCUT2D eigenvalue weighted by Crippen LogP contribution is -2.14. The van der Waals surface area contributed by atoms with E-state index in [0.29, 0.717) is 4.99 Å². The molecular formula is C17H28N2OS. The minimum absolute atomic E-state index is 0.414. The Morgan fingerprint density at radius 3 is 2.57 bits per heavy atom. The maximum absolute atomic E-state index is 5.75. The number of hydrogen-bond acceptors (Lipinski definition) is 3. The summed E-state index contributed by atoms with van der Waals surface area (Å²) in [6, 6.07) is 5.74. The fourth-order valence-electron chi connectivity index (χ4n) is 2.27. The fourth-order valence-corrected chi connectivity index (χ4v) is 2.44. The molecule has 3 N–H and O–H groups in total. The highest BCUT2D eigenvalue weighted by Gasteiger charge is 2.06. The number of anilines is 1. The van der Waals surface area contributed by atoms with E-state index in [1.54, 1.807) is 7.11 Å². The number of thiocarbonyl (C=S) groups is 1. The Kier molecular flexibility index (Phi) is 8.13. The van der Waals surface area contributed by atoms with Crippen LogP contribution in [-0.4, -0.2) is 18.6 Å². The van der Waals surface area contributed by atoms with Gasteiger partial charge in [-0.1, -0.05) is 51.7 Å². The van der Waals surface area contributed by atoms with Crippen molar-refractivity contribution in [2.45, 2.75) is 46.0 Å². The van der Waals surface area contributed by atoms with Crippen LogP contribution in [0.3, 0.4) is 0 Å². The van der Waals surface area contributed by atoms with Crippen molar-refractivity contribution in [1.82, 2.24) is 0 Å². The number of nitrogens with two attached hydrogens (primary N) is 1. The van der Waals surface area contributed by atoms with Gasteiger partial charge in [0, 0.05) is 23.9 Å². The van der Waals surface area contributed by atoms with Gasteiger partial charge in [-0.2, -0.15) is 0 Å². The monoisotopic (exact) mass is 308 g/mol. The van der Waals surface area contributed by atoms with Crippen molar-refractivity contribution in [3.8, 4) is 5.75 Å². The maximum Gasteiger partial charge on any atom is 0.120 e. The summed E-state index contributed by atoms with van der Waals surface area (Å²) in [5.74, 6) is 1.63. The Morgan fingerprint density at radius 1 is 1.24 bits per heavy atom. The minimum Gasteiger partial charge on any atom is -0.497 e. The molecule has 0 aliphatic rings. The molecule has 0 saturated heterocycles. The quantitative estimate of drug-likeness (QED) is 0.498. The topological polar surface area (TPSA) is 47.3 Å². The molecule has 0 amide bonds. The van der Waals surface area contributed by atoms with Crippen LogP contribution in [0.2, 0.25) is 0 Å². The molecule has 0 saturated carbocycles. The molecule has 118 valence electrons. The maximum atomic E-state index is 5.75. The number of benzene rings is 1.